The number of ether oxygens (including phenoxy) is 1. The van der Waals surface area contributed by atoms with Crippen molar-refractivity contribution >= 4 is 0 Å². The van der Waals surface area contributed by atoms with Crippen LogP contribution in [0.3, 0.4) is 0 Å². The maximum Gasteiger partial charge on any atom is 0.0670 e. The Bertz CT molecular complexity index is 308. The average Bonchev–Trinajstić information content (AvgIpc) is 3.14. The summed E-state index contributed by atoms with van der Waals surface area (Å²) in [6, 6.07) is 0.573. The van der Waals surface area contributed by atoms with Crippen LogP contribution < -0.4 is 5.32 Å². The van der Waals surface area contributed by atoms with Crippen molar-refractivity contribution in [2.75, 3.05) is 26.7 Å². The number of nitrogens with zero attached hydrogens (tertiary/aromatic N) is 1. The lowest BCUT2D eigenvalue weighted by Crippen LogP contribution is -2.67. The molecule has 3 heteroatoms. The highest BCUT2D eigenvalue weighted by atomic mass is 16.5. The number of rotatable bonds is 4. The summed E-state index contributed by atoms with van der Waals surface area (Å²) in [6.07, 6.45) is 3.11. The van der Waals surface area contributed by atoms with E-state index in [0.29, 0.717) is 23.1 Å². The molecule has 3 atom stereocenters. The van der Waals surface area contributed by atoms with Crippen molar-refractivity contribution in [3.05, 3.63) is 0 Å². The van der Waals surface area contributed by atoms with Crippen molar-refractivity contribution in [3.8, 4) is 0 Å². The second-order valence-electron chi connectivity index (χ2n) is 7.88. The van der Waals surface area contributed by atoms with Gasteiger partial charge in [-0.25, -0.2) is 0 Å². The number of hydrogen-bond acceptors (Lipinski definition) is 3. The first-order chi connectivity index (χ1) is 8.77. The molecule has 112 valence electrons. The van der Waals surface area contributed by atoms with Crippen LogP contribution in [-0.4, -0.2) is 49.3 Å². The van der Waals surface area contributed by atoms with Gasteiger partial charge >= 0.3 is 0 Å². The molecule has 0 bridgehead atoms. The van der Waals surface area contributed by atoms with Crippen LogP contribution in [0.15, 0.2) is 0 Å². The second kappa shape index (κ2) is 5.34. The van der Waals surface area contributed by atoms with Crippen LogP contribution in [0, 0.1) is 11.3 Å². The predicted octanol–water partition coefficient (Wildman–Crippen LogP) is 2.51. The highest BCUT2D eigenvalue weighted by molar-refractivity contribution is 5.06. The van der Waals surface area contributed by atoms with Crippen LogP contribution in [0.25, 0.3) is 0 Å². The Kier molecular flexibility index (Phi) is 4.29. The Balaban J connectivity index is 2.09. The topological polar surface area (TPSA) is 24.5 Å². The van der Waals surface area contributed by atoms with Gasteiger partial charge < -0.3 is 10.1 Å². The van der Waals surface area contributed by atoms with Gasteiger partial charge in [-0.05, 0) is 38.0 Å². The van der Waals surface area contributed by atoms with E-state index in [-0.39, 0.29) is 0 Å². The molecule has 0 aromatic heterocycles. The van der Waals surface area contributed by atoms with Crippen molar-refractivity contribution < 1.29 is 4.74 Å². The minimum absolute atomic E-state index is 0.316. The van der Waals surface area contributed by atoms with Gasteiger partial charge in [0.2, 0.25) is 0 Å². The summed E-state index contributed by atoms with van der Waals surface area (Å²) < 4.78 is 5.51. The van der Waals surface area contributed by atoms with Gasteiger partial charge in [-0.15, -0.1) is 0 Å². The van der Waals surface area contributed by atoms with Crippen LogP contribution in [0.1, 0.15) is 47.5 Å². The van der Waals surface area contributed by atoms with Gasteiger partial charge in [0, 0.05) is 38.3 Å². The standard InChI is InChI=1S/C16H32N2O/c1-12(19-6)9-18-10-14(15(2,3)4)17-11-16(18,5)13-7-8-13/h12-14,17H,7-11H2,1-6H3. The Morgan fingerprint density at radius 1 is 1.37 bits per heavy atom. The molecule has 0 aromatic carbocycles. The number of piperazine rings is 1. The fourth-order valence-electron chi connectivity index (χ4n) is 3.29. The van der Waals surface area contributed by atoms with E-state index in [1.807, 2.05) is 7.11 Å². The minimum atomic E-state index is 0.316. The normalized spacial score (nSPS) is 35.4. The molecule has 2 aliphatic rings. The molecule has 0 radical (unpaired) electrons. The third-order valence-corrected chi connectivity index (χ3v) is 5.21. The molecule has 2 fully saturated rings. The average molecular weight is 268 g/mol. The summed E-state index contributed by atoms with van der Waals surface area (Å²) in [5.41, 5.74) is 0.647. The third-order valence-electron chi connectivity index (χ3n) is 5.21. The Morgan fingerprint density at radius 3 is 2.47 bits per heavy atom. The van der Waals surface area contributed by atoms with Crippen LogP contribution >= 0.6 is 0 Å². The summed E-state index contributed by atoms with van der Waals surface area (Å²) in [5.74, 6) is 0.880. The molecule has 2 rings (SSSR count). The molecule has 0 aromatic rings. The molecule has 0 amide bonds. The minimum Gasteiger partial charge on any atom is -0.380 e. The number of hydrogen-bond donors (Lipinski definition) is 1. The van der Waals surface area contributed by atoms with Crippen molar-refractivity contribution in [2.45, 2.75) is 65.1 Å². The fourth-order valence-corrected chi connectivity index (χ4v) is 3.29. The van der Waals surface area contributed by atoms with E-state index in [9.17, 15) is 0 Å². The molecular formula is C16H32N2O. The van der Waals surface area contributed by atoms with Gasteiger partial charge in [0.15, 0.2) is 0 Å². The van der Waals surface area contributed by atoms with Crippen molar-refractivity contribution in [2.24, 2.45) is 11.3 Å². The van der Waals surface area contributed by atoms with E-state index in [1.165, 1.54) is 12.8 Å². The number of methoxy groups -OCH3 is 1. The van der Waals surface area contributed by atoms with Gasteiger partial charge in [0.05, 0.1) is 6.10 Å². The van der Waals surface area contributed by atoms with Crippen LogP contribution in [0.5, 0.6) is 0 Å². The van der Waals surface area contributed by atoms with E-state index in [1.54, 1.807) is 0 Å². The summed E-state index contributed by atoms with van der Waals surface area (Å²) in [5, 5.41) is 3.81. The lowest BCUT2D eigenvalue weighted by Gasteiger charge is -2.52. The lowest BCUT2D eigenvalue weighted by molar-refractivity contribution is -0.0248. The fraction of sp³-hybridized carbons (Fsp3) is 1.00. The zero-order valence-corrected chi connectivity index (χ0v) is 13.6. The SMILES string of the molecule is COC(C)CN1CC(C(C)(C)C)NCC1(C)C1CC1. The van der Waals surface area contributed by atoms with Gasteiger partial charge in [-0.1, -0.05) is 20.8 Å². The summed E-state index contributed by atoms with van der Waals surface area (Å²) >= 11 is 0. The molecule has 3 unspecified atom stereocenters. The van der Waals surface area contributed by atoms with Crippen LogP contribution in [0.2, 0.25) is 0 Å². The van der Waals surface area contributed by atoms with Gasteiger partial charge in [0.25, 0.3) is 0 Å². The van der Waals surface area contributed by atoms with Gasteiger partial charge in [-0.3, -0.25) is 4.90 Å². The first-order valence-electron chi connectivity index (χ1n) is 7.78. The molecule has 0 spiro atoms. The molecular weight excluding hydrogens is 236 g/mol. The first kappa shape index (κ1) is 15.3. The highest BCUT2D eigenvalue weighted by Gasteiger charge is 2.49. The molecule has 3 nitrogen and oxygen atoms in total. The highest BCUT2D eigenvalue weighted by Crippen LogP contribution is 2.44. The summed E-state index contributed by atoms with van der Waals surface area (Å²) in [6.45, 7) is 14.9. The monoisotopic (exact) mass is 268 g/mol. The Hall–Kier alpha value is -0.120. The van der Waals surface area contributed by atoms with E-state index in [2.05, 4.69) is 44.8 Å². The van der Waals surface area contributed by atoms with Crippen molar-refractivity contribution in [1.82, 2.24) is 10.2 Å². The maximum absolute atomic E-state index is 5.51. The largest absolute Gasteiger partial charge is 0.380 e. The van der Waals surface area contributed by atoms with Crippen molar-refractivity contribution in [3.63, 3.8) is 0 Å². The third kappa shape index (κ3) is 3.32. The molecule has 19 heavy (non-hydrogen) atoms. The summed E-state index contributed by atoms with van der Waals surface area (Å²) in [4.78, 5) is 2.70. The van der Waals surface area contributed by atoms with Crippen LogP contribution in [0.4, 0.5) is 0 Å². The molecule has 1 aliphatic carbocycles. The molecule has 1 heterocycles. The van der Waals surface area contributed by atoms with Gasteiger partial charge in [0.1, 0.15) is 0 Å². The van der Waals surface area contributed by atoms with Gasteiger partial charge in [-0.2, -0.15) is 0 Å². The predicted molar refractivity (Wildman–Crippen MR) is 80.4 cm³/mol. The molecule has 1 aliphatic heterocycles. The Morgan fingerprint density at radius 2 is 2.00 bits per heavy atom. The van der Waals surface area contributed by atoms with E-state index >= 15 is 0 Å². The molecule has 1 saturated carbocycles. The second-order valence-corrected chi connectivity index (χ2v) is 7.88. The quantitative estimate of drug-likeness (QED) is 0.848. The Labute approximate surface area is 119 Å². The van der Waals surface area contributed by atoms with Crippen LogP contribution in [-0.2, 0) is 4.74 Å². The smallest absolute Gasteiger partial charge is 0.0670 e. The van der Waals surface area contributed by atoms with E-state index in [4.69, 9.17) is 4.74 Å². The zero-order valence-electron chi connectivity index (χ0n) is 13.6. The maximum atomic E-state index is 5.51. The molecule has 1 saturated heterocycles. The number of nitrogens with one attached hydrogen (secondary N) is 1. The zero-order chi connectivity index (χ0) is 14.3. The van der Waals surface area contributed by atoms with Crippen molar-refractivity contribution in [1.29, 1.82) is 0 Å². The first-order valence-corrected chi connectivity index (χ1v) is 7.78. The lowest BCUT2D eigenvalue weighted by atomic mass is 9.81. The molecule has 1 N–H and O–H groups in total. The van der Waals surface area contributed by atoms with E-state index < -0.39 is 0 Å². The summed E-state index contributed by atoms with van der Waals surface area (Å²) in [7, 11) is 1.82. The van der Waals surface area contributed by atoms with E-state index in [0.717, 1.165) is 25.6 Å².